The third kappa shape index (κ3) is 4.39. The number of hydrogen-bond donors (Lipinski definition) is 1. The average molecular weight is 292 g/mol. The number of hydrogen-bond acceptors (Lipinski definition) is 5. The highest BCUT2D eigenvalue weighted by Gasteiger charge is 2.45. The molecule has 0 aromatic carbocycles. The van der Waals surface area contributed by atoms with Crippen LogP contribution in [0.5, 0.6) is 0 Å². The standard InChI is InChI=1S/C15H24N4O2/c1-15(2)5-12(15)9-18(3)8-11-6-16-14(17-7-11)19(4)10-13(20)21/h6-7,12H,5,8-10H2,1-4H3,(H,20,21)/t12-/m0/s1. The van der Waals surface area contributed by atoms with Gasteiger partial charge in [0.2, 0.25) is 5.95 Å². The van der Waals surface area contributed by atoms with Gasteiger partial charge in [0.05, 0.1) is 0 Å². The van der Waals surface area contributed by atoms with E-state index in [0.29, 0.717) is 11.4 Å². The minimum atomic E-state index is -0.892. The molecule has 1 aliphatic carbocycles. The van der Waals surface area contributed by atoms with E-state index in [1.54, 1.807) is 19.4 Å². The molecule has 1 fully saturated rings. The van der Waals surface area contributed by atoms with Crippen LogP contribution in [0.2, 0.25) is 0 Å². The number of aliphatic carboxylic acids is 1. The lowest BCUT2D eigenvalue weighted by Crippen LogP contribution is -2.27. The predicted octanol–water partition coefficient (Wildman–Crippen LogP) is 1.48. The number of carboxylic acids is 1. The Bertz CT molecular complexity index is 501. The molecule has 1 atom stereocenters. The number of rotatable bonds is 7. The maximum atomic E-state index is 10.7. The second-order valence-electron chi connectivity index (χ2n) is 6.73. The molecule has 2 rings (SSSR count). The van der Waals surface area contributed by atoms with E-state index < -0.39 is 5.97 Å². The van der Waals surface area contributed by atoms with Gasteiger partial charge in [-0.1, -0.05) is 13.8 Å². The molecule has 0 unspecified atom stereocenters. The van der Waals surface area contributed by atoms with Crippen LogP contribution in [0.4, 0.5) is 5.95 Å². The molecular formula is C15H24N4O2. The first-order chi connectivity index (χ1) is 9.78. The summed E-state index contributed by atoms with van der Waals surface area (Å²) in [4.78, 5) is 22.9. The Morgan fingerprint density at radius 2 is 1.95 bits per heavy atom. The van der Waals surface area contributed by atoms with Crippen LogP contribution >= 0.6 is 0 Å². The Labute approximate surface area is 125 Å². The molecule has 0 aliphatic heterocycles. The molecule has 1 saturated carbocycles. The fraction of sp³-hybridized carbons (Fsp3) is 0.667. The molecule has 21 heavy (non-hydrogen) atoms. The predicted molar refractivity (Wildman–Crippen MR) is 81.2 cm³/mol. The van der Waals surface area contributed by atoms with Crippen molar-refractivity contribution in [3.63, 3.8) is 0 Å². The fourth-order valence-electron chi connectivity index (χ4n) is 2.54. The lowest BCUT2D eigenvalue weighted by Gasteiger charge is -2.18. The lowest BCUT2D eigenvalue weighted by atomic mass is 10.1. The summed E-state index contributed by atoms with van der Waals surface area (Å²) in [5, 5.41) is 8.75. The molecule has 0 spiro atoms. The molecule has 0 amide bonds. The molecule has 6 heteroatoms. The average Bonchev–Trinajstić information content (AvgIpc) is 2.96. The molecular weight excluding hydrogens is 268 g/mol. The van der Waals surface area contributed by atoms with E-state index >= 15 is 0 Å². The van der Waals surface area contributed by atoms with Crippen LogP contribution in [-0.2, 0) is 11.3 Å². The third-order valence-electron chi connectivity index (χ3n) is 4.11. The van der Waals surface area contributed by atoms with Crippen LogP contribution in [0, 0.1) is 11.3 Å². The number of carboxylic acid groups (broad SMARTS) is 1. The minimum absolute atomic E-state index is 0.101. The van der Waals surface area contributed by atoms with Gasteiger partial charge >= 0.3 is 5.97 Å². The molecule has 0 radical (unpaired) electrons. The van der Waals surface area contributed by atoms with Crippen molar-refractivity contribution in [2.75, 3.05) is 32.1 Å². The van der Waals surface area contributed by atoms with Gasteiger partial charge in [0.15, 0.2) is 0 Å². The van der Waals surface area contributed by atoms with Crippen molar-refractivity contribution in [3.05, 3.63) is 18.0 Å². The largest absolute Gasteiger partial charge is 0.480 e. The van der Waals surface area contributed by atoms with Crippen molar-refractivity contribution < 1.29 is 9.90 Å². The zero-order valence-corrected chi connectivity index (χ0v) is 13.2. The summed E-state index contributed by atoms with van der Waals surface area (Å²) in [6.45, 7) is 6.42. The SMILES string of the molecule is CN(Cc1cnc(N(C)CC(=O)O)nc1)C[C@@H]1CC1(C)C. The van der Waals surface area contributed by atoms with E-state index in [9.17, 15) is 4.79 Å². The van der Waals surface area contributed by atoms with Gasteiger partial charge in [-0.05, 0) is 24.8 Å². The van der Waals surface area contributed by atoms with E-state index in [2.05, 4.69) is 35.8 Å². The van der Waals surface area contributed by atoms with Crippen LogP contribution in [-0.4, -0.2) is 53.1 Å². The van der Waals surface area contributed by atoms with Crippen molar-refractivity contribution in [1.29, 1.82) is 0 Å². The third-order valence-corrected chi connectivity index (χ3v) is 4.11. The van der Waals surface area contributed by atoms with Crippen LogP contribution in [0.25, 0.3) is 0 Å². The van der Waals surface area contributed by atoms with Crippen LogP contribution < -0.4 is 4.90 Å². The van der Waals surface area contributed by atoms with Crippen molar-refractivity contribution in [3.8, 4) is 0 Å². The topological polar surface area (TPSA) is 69.6 Å². The molecule has 116 valence electrons. The zero-order valence-electron chi connectivity index (χ0n) is 13.2. The molecule has 1 aromatic heterocycles. The Balaban J connectivity index is 1.86. The molecule has 0 bridgehead atoms. The van der Waals surface area contributed by atoms with Crippen molar-refractivity contribution in [2.24, 2.45) is 11.3 Å². The summed E-state index contributed by atoms with van der Waals surface area (Å²) in [5.74, 6) is 0.327. The molecule has 1 aromatic rings. The Morgan fingerprint density at radius 3 is 2.43 bits per heavy atom. The maximum absolute atomic E-state index is 10.7. The van der Waals surface area contributed by atoms with Gasteiger partial charge in [-0.25, -0.2) is 9.97 Å². The quantitative estimate of drug-likeness (QED) is 0.821. The first kappa shape index (κ1) is 15.7. The smallest absolute Gasteiger partial charge is 0.323 e. The lowest BCUT2D eigenvalue weighted by molar-refractivity contribution is -0.135. The van der Waals surface area contributed by atoms with Gasteiger partial charge in [0, 0.05) is 38.1 Å². The molecule has 6 nitrogen and oxygen atoms in total. The highest BCUT2D eigenvalue weighted by molar-refractivity contribution is 5.72. The number of aromatic nitrogens is 2. The monoisotopic (exact) mass is 292 g/mol. The highest BCUT2D eigenvalue weighted by Crippen LogP contribution is 2.51. The van der Waals surface area contributed by atoms with Crippen LogP contribution in [0.15, 0.2) is 12.4 Å². The van der Waals surface area contributed by atoms with Gasteiger partial charge in [0.1, 0.15) is 6.54 Å². The van der Waals surface area contributed by atoms with Gasteiger partial charge in [0.25, 0.3) is 0 Å². The van der Waals surface area contributed by atoms with Crippen LogP contribution in [0.1, 0.15) is 25.8 Å². The van der Waals surface area contributed by atoms with Crippen molar-refractivity contribution >= 4 is 11.9 Å². The van der Waals surface area contributed by atoms with Crippen LogP contribution in [0.3, 0.4) is 0 Å². The molecule has 1 N–H and O–H groups in total. The Hall–Kier alpha value is -1.69. The number of anilines is 1. The number of carbonyl (C=O) groups is 1. The van der Waals surface area contributed by atoms with Crippen molar-refractivity contribution in [1.82, 2.24) is 14.9 Å². The highest BCUT2D eigenvalue weighted by atomic mass is 16.4. The molecule has 0 saturated heterocycles. The fourth-order valence-corrected chi connectivity index (χ4v) is 2.54. The van der Waals surface area contributed by atoms with E-state index in [4.69, 9.17) is 5.11 Å². The number of likely N-dealkylation sites (N-methyl/N-ethyl adjacent to an activating group) is 1. The Kier molecular flexibility index (Phi) is 4.46. The molecule has 1 aliphatic rings. The minimum Gasteiger partial charge on any atom is -0.480 e. The zero-order chi connectivity index (χ0) is 15.6. The first-order valence-electron chi connectivity index (χ1n) is 7.20. The summed E-state index contributed by atoms with van der Waals surface area (Å²) in [6, 6.07) is 0. The van der Waals surface area contributed by atoms with E-state index in [-0.39, 0.29) is 6.54 Å². The van der Waals surface area contributed by atoms with Crippen molar-refractivity contribution in [2.45, 2.75) is 26.8 Å². The maximum Gasteiger partial charge on any atom is 0.323 e. The second-order valence-corrected chi connectivity index (χ2v) is 6.73. The van der Waals surface area contributed by atoms with Gasteiger partial charge in [-0.15, -0.1) is 0 Å². The summed E-state index contributed by atoms with van der Waals surface area (Å²) in [6.07, 6.45) is 4.84. The van der Waals surface area contributed by atoms with E-state index in [1.165, 1.54) is 11.3 Å². The number of nitrogens with zero attached hydrogens (tertiary/aromatic N) is 4. The second kappa shape index (κ2) is 5.97. The summed E-state index contributed by atoms with van der Waals surface area (Å²) >= 11 is 0. The normalized spacial score (nSPS) is 19.6. The van der Waals surface area contributed by atoms with Gasteiger partial charge in [-0.2, -0.15) is 0 Å². The first-order valence-corrected chi connectivity index (χ1v) is 7.20. The van der Waals surface area contributed by atoms with E-state index in [1.807, 2.05) is 0 Å². The van der Waals surface area contributed by atoms with E-state index in [0.717, 1.165) is 24.6 Å². The Morgan fingerprint density at radius 1 is 1.38 bits per heavy atom. The molecule has 1 heterocycles. The van der Waals surface area contributed by atoms with Gasteiger partial charge in [-0.3, -0.25) is 4.79 Å². The summed E-state index contributed by atoms with van der Waals surface area (Å²) in [7, 11) is 3.78. The van der Waals surface area contributed by atoms with Gasteiger partial charge < -0.3 is 14.9 Å². The summed E-state index contributed by atoms with van der Waals surface area (Å²) < 4.78 is 0. The summed E-state index contributed by atoms with van der Waals surface area (Å²) in [5.41, 5.74) is 1.54.